The lowest BCUT2D eigenvalue weighted by atomic mass is 9.96. The van der Waals surface area contributed by atoms with Crippen LogP contribution in [0, 0.1) is 12.7 Å². The van der Waals surface area contributed by atoms with Crippen molar-refractivity contribution in [2.24, 2.45) is 0 Å². The largest absolute Gasteiger partial charge is 0.333 e. The Bertz CT molecular complexity index is 1390. The summed E-state index contributed by atoms with van der Waals surface area (Å²) in [6.45, 7) is 5.59. The molecule has 0 bridgehead atoms. The number of benzene rings is 2. The summed E-state index contributed by atoms with van der Waals surface area (Å²) in [5.41, 5.74) is 4.37. The lowest BCUT2D eigenvalue weighted by Gasteiger charge is -2.11. The number of fused-ring (bicyclic) bond motifs is 1. The standard InChI is InChI=1S/C26H23FN2O2/c1-4-8-18-12-13-22-23(16(18)2)24(20-10-7-14-28-26(20)31)25(17(3)30)29(22)15-19-9-5-6-11-21(19)27/h4-14H,15H2,1-3H3,(H,28,31)/b8-4-. The number of carbonyl (C=O) groups is 1. The molecule has 5 heteroatoms. The van der Waals surface area contributed by atoms with Crippen LogP contribution in [0.5, 0.6) is 0 Å². The second kappa shape index (κ2) is 8.19. The highest BCUT2D eigenvalue weighted by Crippen LogP contribution is 2.38. The van der Waals surface area contributed by atoms with E-state index in [2.05, 4.69) is 4.98 Å². The van der Waals surface area contributed by atoms with Crippen LogP contribution in [-0.4, -0.2) is 15.3 Å². The summed E-state index contributed by atoms with van der Waals surface area (Å²) in [7, 11) is 0. The number of aromatic amines is 1. The second-order valence-electron chi connectivity index (χ2n) is 7.54. The predicted molar refractivity (Wildman–Crippen MR) is 123 cm³/mol. The average molecular weight is 414 g/mol. The van der Waals surface area contributed by atoms with Gasteiger partial charge in [-0.15, -0.1) is 0 Å². The molecule has 0 aliphatic rings. The van der Waals surface area contributed by atoms with Crippen LogP contribution < -0.4 is 5.56 Å². The third-order valence-corrected chi connectivity index (χ3v) is 5.59. The fourth-order valence-corrected chi connectivity index (χ4v) is 4.20. The van der Waals surface area contributed by atoms with Crippen LogP contribution in [0.25, 0.3) is 28.1 Å². The van der Waals surface area contributed by atoms with Gasteiger partial charge in [0.1, 0.15) is 5.82 Å². The molecule has 2 aromatic heterocycles. The number of aromatic nitrogens is 2. The van der Waals surface area contributed by atoms with Gasteiger partial charge in [-0.05, 0) is 49.2 Å². The molecule has 4 rings (SSSR count). The summed E-state index contributed by atoms with van der Waals surface area (Å²) in [4.78, 5) is 28.3. The van der Waals surface area contributed by atoms with Crippen LogP contribution in [0.1, 0.15) is 41.0 Å². The molecule has 156 valence electrons. The lowest BCUT2D eigenvalue weighted by Crippen LogP contribution is -2.12. The van der Waals surface area contributed by atoms with Crippen LogP contribution in [0.4, 0.5) is 4.39 Å². The predicted octanol–water partition coefficient (Wildman–Crippen LogP) is 5.73. The molecule has 0 saturated heterocycles. The van der Waals surface area contributed by atoms with E-state index in [0.717, 1.165) is 22.0 Å². The van der Waals surface area contributed by atoms with Gasteiger partial charge in [0.15, 0.2) is 5.78 Å². The van der Waals surface area contributed by atoms with E-state index in [1.807, 2.05) is 42.7 Å². The minimum Gasteiger partial charge on any atom is -0.333 e. The Morgan fingerprint density at radius 2 is 1.90 bits per heavy atom. The van der Waals surface area contributed by atoms with Gasteiger partial charge in [0.25, 0.3) is 5.56 Å². The average Bonchev–Trinajstić information content (AvgIpc) is 3.07. The summed E-state index contributed by atoms with van der Waals surface area (Å²) in [6.07, 6.45) is 5.51. The zero-order chi connectivity index (χ0) is 22.1. The van der Waals surface area contributed by atoms with E-state index in [-0.39, 0.29) is 23.7 Å². The van der Waals surface area contributed by atoms with Gasteiger partial charge >= 0.3 is 0 Å². The Kier molecular flexibility index (Phi) is 5.42. The van der Waals surface area contributed by atoms with Crippen LogP contribution in [0.15, 0.2) is 65.6 Å². The number of nitrogens with zero attached hydrogens (tertiary/aromatic N) is 1. The van der Waals surface area contributed by atoms with Gasteiger partial charge < -0.3 is 9.55 Å². The number of carbonyl (C=O) groups excluding carboxylic acids is 1. The molecule has 4 aromatic rings. The normalized spacial score (nSPS) is 11.5. The molecule has 0 fully saturated rings. The summed E-state index contributed by atoms with van der Waals surface area (Å²) < 4.78 is 16.3. The van der Waals surface area contributed by atoms with E-state index in [0.29, 0.717) is 22.4 Å². The number of hydrogen-bond acceptors (Lipinski definition) is 2. The zero-order valence-corrected chi connectivity index (χ0v) is 17.7. The first-order chi connectivity index (χ1) is 14.9. The number of H-pyrrole nitrogens is 1. The maximum absolute atomic E-state index is 14.5. The zero-order valence-electron chi connectivity index (χ0n) is 17.7. The highest BCUT2D eigenvalue weighted by Gasteiger charge is 2.25. The molecule has 31 heavy (non-hydrogen) atoms. The van der Waals surface area contributed by atoms with E-state index in [1.165, 1.54) is 13.0 Å². The SMILES string of the molecule is C/C=C\c1ccc2c(c1C)c(-c1ccc[nH]c1=O)c(C(C)=O)n2Cc1ccccc1F. The van der Waals surface area contributed by atoms with E-state index in [9.17, 15) is 14.0 Å². The van der Waals surface area contributed by atoms with E-state index in [4.69, 9.17) is 0 Å². The molecule has 0 amide bonds. The molecule has 4 nitrogen and oxygen atoms in total. The number of aryl methyl sites for hydroxylation is 1. The molecule has 0 atom stereocenters. The molecular weight excluding hydrogens is 391 g/mol. The second-order valence-corrected chi connectivity index (χ2v) is 7.54. The minimum atomic E-state index is -0.333. The van der Waals surface area contributed by atoms with Gasteiger partial charge in [0.05, 0.1) is 12.2 Å². The lowest BCUT2D eigenvalue weighted by molar-refractivity contribution is 0.101. The molecule has 1 N–H and O–H groups in total. The summed E-state index contributed by atoms with van der Waals surface area (Å²) in [5.74, 6) is -0.516. The van der Waals surface area contributed by atoms with Gasteiger partial charge in [0.2, 0.25) is 0 Å². The smallest absolute Gasteiger partial charge is 0.255 e. The van der Waals surface area contributed by atoms with Gasteiger partial charge in [-0.2, -0.15) is 0 Å². The Morgan fingerprint density at radius 1 is 1.13 bits per heavy atom. The van der Waals surface area contributed by atoms with Crippen molar-refractivity contribution in [1.82, 2.24) is 9.55 Å². The number of halogens is 1. The molecule has 0 aliphatic carbocycles. The van der Waals surface area contributed by atoms with Crippen molar-refractivity contribution >= 4 is 22.8 Å². The van der Waals surface area contributed by atoms with Crippen LogP contribution >= 0.6 is 0 Å². The van der Waals surface area contributed by atoms with Crippen molar-refractivity contribution in [1.29, 1.82) is 0 Å². The fourth-order valence-electron chi connectivity index (χ4n) is 4.20. The van der Waals surface area contributed by atoms with Gasteiger partial charge in [-0.25, -0.2) is 4.39 Å². The number of nitrogens with one attached hydrogen (secondary N) is 1. The number of rotatable bonds is 5. The molecule has 0 saturated carbocycles. The molecule has 0 spiro atoms. The molecule has 2 heterocycles. The minimum absolute atomic E-state index is 0.183. The van der Waals surface area contributed by atoms with Gasteiger partial charge in [-0.3, -0.25) is 9.59 Å². The molecule has 0 unspecified atom stereocenters. The monoisotopic (exact) mass is 414 g/mol. The topological polar surface area (TPSA) is 54.9 Å². The van der Waals surface area contributed by atoms with E-state index >= 15 is 0 Å². The molecule has 0 radical (unpaired) electrons. The van der Waals surface area contributed by atoms with Gasteiger partial charge in [-0.1, -0.05) is 36.4 Å². The first kappa shape index (κ1) is 20.5. The maximum Gasteiger partial charge on any atom is 0.255 e. The van der Waals surface area contributed by atoms with Crippen molar-refractivity contribution in [3.63, 3.8) is 0 Å². The number of allylic oxidation sites excluding steroid dienone is 1. The van der Waals surface area contributed by atoms with Crippen molar-refractivity contribution in [3.8, 4) is 11.1 Å². The molecule has 0 aliphatic heterocycles. The fraction of sp³-hybridized carbons (Fsp3) is 0.154. The van der Waals surface area contributed by atoms with Crippen LogP contribution in [-0.2, 0) is 6.54 Å². The van der Waals surface area contributed by atoms with Crippen molar-refractivity contribution in [2.75, 3.05) is 0 Å². The number of ketones is 1. The van der Waals surface area contributed by atoms with Gasteiger partial charge in [0, 0.05) is 40.7 Å². The molecule has 2 aromatic carbocycles. The van der Waals surface area contributed by atoms with Crippen molar-refractivity contribution in [3.05, 3.63) is 99.4 Å². The van der Waals surface area contributed by atoms with Crippen molar-refractivity contribution in [2.45, 2.75) is 27.3 Å². The Labute approximate surface area is 179 Å². The quantitative estimate of drug-likeness (QED) is 0.424. The Balaban J connectivity index is 2.15. The highest BCUT2D eigenvalue weighted by molar-refractivity contribution is 6.11. The summed E-state index contributed by atoms with van der Waals surface area (Å²) in [6, 6.07) is 13.9. The number of Topliss-reactive ketones (excluding diaryl/α,β-unsaturated/α-hetero) is 1. The Morgan fingerprint density at radius 3 is 2.58 bits per heavy atom. The maximum atomic E-state index is 14.5. The molecular formula is C26H23FN2O2. The third-order valence-electron chi connectivity index (χ3n) is 5.59. The van der Waals surface area contributed by atoms with Crippen LogP contribution in [0.2, 0.25) is 0 Å². The number of pyridine rings is 1. The van der Waals surface area contributed by atoms with Crippen LogP contribution in [0.3, 0.4) is 0 Å². The summed E-state index contributed by atoms with van der Waals surface area (Å²) in [5, 5.41) is 0.828. The van der Waals surface area contributed by atoms with E-state index < -0.39 is 0 Å². The first-order valence-corrected chi connectivity index (χ1v) is 10.1. The Hall–Kier alpha value is -3.73. The van der Waals surface area contributed by atoms with E-state index in [1.54, 1.807) is 36.5 Å². The third kappa shape index (κ3) is 3.52. The number of hydrogen-bond donors (Lipinski definition) is 1. The highest BCUT2D eigenvalue weighted by atomic mass is 19.1. The first-order valence-electron chi connectivity index (χ1n) is 10.1. The summed E-state index contributed by atoms with van der Waals surface area (Å²) >= 11 is 0. The van der Waals surface area contributed by atoms with Crippen molar-refractivity contribution < 1.29 is 9.18 Å².